The van der Waals surface area contributed by atoms with E-state index in [1.807, 2.05) is 12.1 Å². The molecule has 3 aromatic carbocycles. The van der Waals surface area contributed by atoms with Crippen LogP contribution in [0.4, 0.5) is 0 Å². The Labute approximate surface area is 124 Å². The molecule has 3 aromatic rings. The predicted octanol–water partition coefficient (Wildman–Crippen LogP) is 4.95. The molecule has 0 aromatic heterocycles. The van der Waals surface area contributed by atoms with Gasteiger partial charge in [0.25, 0.3) is 0 Å². The Hall–Kier alpha value is -2.54. The second-order valence-electron chi connectivity index (χ2n) is 5.43. The molecule has 0 fully saturated rings. The van der Waals surface area contributed by atoms with Gasteiger partial charge < -0.3 is 4.74 Å². The smallest absolute Gasteiger partial charge is 0.118 e. The van der Waals surface area contributed by atoms with Crippen LogP contribution in [0.25, 0.3) is 22.4 Å². The van der Waals surface area contributed by atoms with Gasteiger partial charge in [-0.3, -0.25) is 0 Å². The molecule has 0 saturated heterocycles. The SMILES string of the molecule is COc1ccc(C2=Cc3ccc4ccccc4c3C2)cc1. The van der Waals surface area contributed by atoms with Gasteiger partial charge in [0, 0.05) is 0 Å². The van der Waals surface area contributed by atoms with Crippen molar-refractivity contribution in [1.82, 2.24) is 0 Å². The summed E-state index contributed by atoms with van der Waals surface area (Å²) in [5, 5.41) is 2.69. The fourth-order valence-electron chi connectivity index (χ4n) is 3.11. The van der Waals surface area contributed by atoms with Crippen LogP contribution in [0.5, 0.6) is 5.75 Å². The summed E-state index contributed by atoms with van der Waals surface area (Å²) >= 11 is 0. The maximum Gasteiger partial charge on any atom is 0.118 e. The monoisotopic (exact) mass is 272 g/mol. The van der Waals surface area contributed by atoms with Gasteiger partial charge in [0.1, 0.15) is 5.75 Å². The number of methoxy groups -OCH3 is 1. The third-order valence-electron chi connectivity index (χ3n) is 4.23. The maximum atomic E-state index is 5.23. The van der Waals surface area contributed by atoms with E-state index < -0.39 is 0 Å². The highest BCUT2D eigenvalue weighted by Crippen LogP contribution is 2.36. The van der Waals surface area contributed by atoms with Crippen molar-refractivity contribution >= 4 is 22.4 Å². The van der Waals surface area contributed by atoms with Gasteiger partial charge in [-0.2, -0.15) is 0 Å². The summed E-state index contributed by atoms with van der Waals surface area (Å²) in [7, 11) is 1.70. The van der Waals surface area contributed by atoms with Crippen LogP contribution in [0, 0.1) is 0 Å². The number of rotatable bonds is 2. The summed E-state index contributed by atoms with van der Waals surface area (Å²) in [4.78, 5) is 0. The van der Waals surface area contributed by atoms with Crippen molar-refractivity contribution in [2.75, 3.05) is 7.11 Å². The molecule has 1 nitrogen and oxygen atoms in total. The molecule has 0 amide bonds. The van der Waals surface area contributed by atoms with Gasteiger partial charge >= 0.3 is 0 Å². The molecule has 0 N–H and O–H groups in total. The van der Waals surface area contributed by atoms with Crippen molar-refractivity contribution in [3.05, 3.63) is 77.4 Å². The first-order valence-corrected chi connectivity index (χ1v) is 7.21. The minimum atomic E-state index is 0.903. The Bertz CT molecular complexity index is 841. The summed E-state index contributed by atoms with van der Waals surface area (Å²) in [6.07, 6.45) is 3.31. The number of benzene rings is 3. The van der Waals surface area contributed by atoms with E-state index in [2.05, 4.69) is 54.6 Å². The molecule has 0 heterocycles. The lowest BCUT2D eigenvalue weighted by Gasteiger charge is -2.06. The normalized spacial score (nSPS) is 13.1. The first-order valence-electron chi connectivity index (χ1n) is 7.21. The fourth-order valence-corrected chi connectivity index (χ4v) is 3.11. The fraction of sp³-hybridized carbons (Fsp3) is 0.100. The Morgan fingerprint density at radius 3 is 2.48 bits per heavy atom. The highest BCUT2D eigenvalue weighted by atomic mass is 16.5. The summed E-state index contributed by atoms with van der Waals surface area (Å²) in [5.74, 6) is 0.903. The molecule has 0 bridgehead atoms. The molecule has 0 spiro atoms. The Morgan fingerprint density at radius 2 is 1.67 bits per heavy atom. The molecule has 4 rings (SSSR count). The molecule has 21 heavy (non-hydrogen) atoms. The molecular formula is C20H16O. The molecule has 1 heteroatoms. The van der Waals surface area contributed by atoms with Crippen LogP contribution in [0.2, 0.25) is 0 Å². The van der Waals surface area contributed by atoms with Crippen LogP contribution in [-0.4, -0.2) is 7.11 Å². The third kappa shape index (κ3) is 2.02. The van der Waals surface area contributed by atoms with Crippen LogP contribution in [-0.2, 0) is 6.42 Å². The molecule has 1 aliphatic carbocycles. The van der Waals surface area contributed by atoms with E-state index >= 15 is 0 Å². The second kappa shape index (κ2) is 4.78. The van der Waals surface area contributed by atoms with Gasteiger partial charge in [0.05, 0.1) is 7.11 Å². The lowest BCUT2D eigenvalue weighted by Crippen LogP contribution is -1.88. The van der Waals surface area contributed by atoms with E-state index in [9.17, 15) is 0 Å². The highest BCUT2D eigenvalue weighted by Gasteiger charge is 2.16. The average molecular weight is 272 g/mol. The predicted molar refractivity (Wildman–Crippen MR) is 88.5 cm³/mol. The summed E-state index contributed by atoms with van der Waals surface area (Å²) < 4.78 is 5.23. The summed E-state index contributed by atoms with van der Waals surface area (Å²) in [5.41, 5.74) is 5.44. The lowest BCUT2D eigenvalue weighted by molar-refractivity contribution is 0.415. The van der Waals surface area contributed by atoms with E-state index in [0.717, 1.165) is 12.2 Å². The van der Waals surface area contributed by atoms with Gasteiger partial charge in [-0.15, -0.1) is 0 Å². The standard InChI is InChI=1S/C20H16O/c1-21-18-10-8-14(9-11-18)17-12-16-7-6-15-4-2-3-5-19(15)20(16)13-17/h2-12H,13H2,1H3. The zero-order valence-corrected chi connectivity index (χ0v) is 12.0. The highest BCUT2D eigenvalue weighted by molar-refractivity contribution is 5.98. The minimum Gasteiger partial charge on any atom is -0.497 e. The van der Waals surface area contributed by atoms with Crippen molar-refractivity contribution in [2.45, 2.75) is 6.42 Å². The average Bonchev–Trinajstić information content (AvgIpc) is 2.99. The number of ether oxygens (including phenoxy) is 1. The van der Waals surface area contributed by atoms with Crippen LogP contribution in [0.1, 0.15) is 16.7 Å². The van der Waals surface area contributed by atoms with E-state index in [0.29, 0.717) is 0 Å². The Morgan fingerprint density at radius 1 is 0.857 bits per heavy atom. The van der Waals surface area contributed by atoms with Crippen molar-refractivity contribution < 1.29 is 4.74 Å². The lowest BCUT2D eigenvalue weighted by atomic mass is 9.98. The van der Waals surface area contributed by atoms with Crippen molar-refractivity contribution in [1.29, 1.82) is 0 Å². The number of hydrogen-bond acceptors (Lipinski definition) is 1. The van der Waals surface area contributed by atoms with Gasteiger partial charge in [-0.05, 0) is 51.6 Å². The molecule has 0 atom stereocenters. The quantitative estimate of drug-likeness (QED) is 0.641. The maximum absolute atomic E-state index is 5.23. The van der Waals surface area contributed by atoms with Crippen LogP contribution >= 0.6 is 0 Å². The van der Waals surface area contributed by atoms with Crippen LogP contribution in [0.15, 0.2) is 60.7 Å². The Kier molecular flexibility index (Phi) is 2.78. The summed E-state index contributed by atoms with van der Waals surface area (Å²) in [6.45, 7) is 0. The van der Waals surface area contributed by atoms with E-state index in [4.69, 9.17) is 4.74 Å². The van der Waals surface area contributed by atoms with E-state index in [1.165, 1.54) is 33.0 Å². The molecule has 0 radical (unpaired) electrons. The van der Waals surface area contributed by atoms with Gasteiger partial charge in [0.2, 0.25) is 0 Å². The van der Waals surface area contributed by atoms with Gasteiger partial charge in [0.15, 0.2) is 0 Å². The molecule has 102 valence electrons. The van der Waals surface area contributed by atoms with Crippen molar-refractivity contribution in [2.24, 2.45) is 0 Å². The first-order chi connectivity index (χ1) is 10.3. The van der Waals surface area contributed by atoms with Gasteiger partial charge in [-0.25, -0.2) is 0 Å². The van der Waals surface area contributed by atoms with E-state index in [-0.39, 0.29) is 0 Å². The zero-order chi connectivity index (χ0) is 14.2. The van der Waals surface area contributed by atoms with Crippen molar-refractivity contribution in [3.63, 3.8) is 0 Å². The molecular weight excluding hydrogens is 256 g/mol. The number of fused-ring (bicyclic) bond motifs is 3. The van der Waals surface area contributed by atoms with E-state index in [1.54, 1.807) is 7.11 Å². The van der Waals surface area contributed by atoms with Crippen molar-refractivity contribution in [3.8, 4) is 5.75 Å². The van der Waals surface area contributed by atoms with Gasteiger partial charge in [-0.1, -0.05) is 54.6 Å². The first kappa shape index (κ1) is 12.2. The topological polar surface area (TPSA) is 9.23 Å². The minimum absolute atomic E-state index is 0.903. The Balaban J connectivity index is 1.76. The second-order valence-corrected chi connectivity index (χ2v) is 5.43. The zero-order valence-electron chi connectivity index (χ0n) is 12.0. The largest absolute Gasteiger partial charge is 0.497 e. The molecule has 0 unspecified atom stereocenters. The third-order valence-corrected chi connectivity index (χ3v) is 4.23. The molecule has 1 aliphatic rings. The number of allylic oxidation sites excluding steroid dienone is 1. The molecule has 0 aliphatic heterocycles. The number of hydrogen-bond donors (Lipinski definition) is 0. The van der Waals surface area contributed by atoms with Crippen LogP contribution in [0.3, 0.4) is 0 Å². The summed E-state index contributed by atoms with van der Waals surface area (Å²) in [6, 6.07) is 21.4. The van der Waals surface area contributed by atoms with Crippen LogP contribution < -0.4 is 4.74 Å². The molecule has 0 saturated carbocycles.